The molecule has 0 spiro atoms. The highest BCUT2D eigenvalue weighted by Crippen LogP contribution is 2.19. The molecule has 1 N–H and O–H groups in total. The van der Waals surface area contributed by atoms with E-state index in [0.29, 0.717) is 6.42 Å². The van der Waals surface area contributed by atoms with Crippen LogP contribution in [0, 0.1) is 13.8 Å². The third-order valence-corrected chi connectivity index (χ3v) is 4.40. The van der Waals surface area contributed by atoms with Crippen LogP contribution in [0.3, 0.4) is 0 Å². The molecule has 0 unspecified atom stereocenters. The first-order valence-corrected chi connectivity index (χ1v) is 7.19. The predicted octanol–water partition coefficient (Wildman–Crippen LogP) is 2.52. The summed E-state index contributed by atoms with van der Waals surface area (Å²) in [5, 5.41) is 9.38. The summed E-state index contributed by atoms with van der Waals surface area (Å²) in [7, 11) is 1.90. The molecule has 2 rings (SSSR count). The van der Waals surface area contributed by atoms with Crippen LogP contribution in [-0.4, -0.2) is 15.7 Å². The standard InChI is InChI=1S/C14H19N3OS/c1-9-12(11(3)17(4)16-9)8-14(18)15-10(2)13-6-5-7-19-13/h5-7,10H,8H2,1-4H3,(H,15,18)/t10-/m1/s1. The first-order chi connectivity index (χ1) is 8.99. The molecule has 0 aliphatic heterocycles. The molecule has 0 bridgehead atoms. The molecule has 0 fully saturated rings. The lowest BCUT2D eigenvalue weighted by Crippen LogP contribution is -2.28. The zero-order valence-corrected chi connectivity index (χ0v) is 12.5. The Morgan fingerprint density at radius 2 is 2.26 bits per heavy atom. The molecule has 2 aromatic heterocycles. The summed E-state index contributed by atoms with van der Waals surface area (Å²) in [4.78, 5) is 13.3. The molecule has 0 radical (unpaired) electrons. The Bertz CT molecular complexity index is 572. The highest BCUT2D eigenvalue weighted by Gasteiger charge is 2.15. The maximum Gasteiger partial charge on any atom is 0.225 e. The number of nitrogens with one attached hydrogen (secondary N) is 1. The third kappa shape index (κ3) is 3.04. The molecule has 0 aromatic carbocycles. The smallest absolute Gasteiger partial charge is 0.225 e. The van der Waals surface area contributed by atoms with Gasteiger partial charge in [0.25, 0.3) is 0 Å². The van der Waals surface area contributed by atoms with Crippen LogP contribution in [0.5, 0.6) is 0 Å². The SMILES string of the molecule is Cc1nn(C)c(C)c1CC(=O)N[C@H](C)c1cccs1. The number of amides is 1. The fourth-order valence-corrected chi connectivity index (χ4v) is 2.87. The molecule has 0 aliphatic carbocycles. The Kier molecular flexibility index (Phi) is 4.04. The van der Waals surface area contributed by atoms with Crippen molar-refractivity contribution in [2.45, 2.75) is 33.2 Å². The molecular weight excluding hydrogens is 258 g/mol. The predicted molar refractivity (Wildman–Crippen MR) is 77.3 cm³/mol. The van der Waals surface area contributed by atoms with E-state index >= 15 is 0 Å². The Balaban J connectivity index is 2.02. The van der Waals surface area contributed by atoms with E-state index in [1.165, 1.54) is 4.88 Å². The minimum atomic E-state index is 0.0418. The first-order valence-electron chi connectivity index (χ1n) is 6.31. The highest BCUT2D eigenvalue weighted by atomic mass is 32.1. The van der Waals surface area contributed by atoms with Gasteiger partial charge in [0.05, 0.1) is 18.2 Å². The van der Waals surface area contributed by atoms with Crippen molar-refractivity contribution in [1.82, 2.24) is 15.1 Å². The second-order valence-corrected chi connectivity index (χ2v) is 5.73. The van der Waals surface area contributed by atoms with E-state index in [1.807, 2.05) is 50.0 Å². The average molecular weight is 277 g/mol. The number of hydrogen-bond donors (Lipinski definition) is 1. The van der Waals surface area contributed by atoms with E-state index < -0.39 is 0 Å². The second kappa shape index (κ2) is 5.57. The van der Waals surface area contributed by atoms with Gasteiger partial charge in [-0.15, -0.1) is 11.3 Å². The quantitative estimate of drug-likeness (QED) is 0.933. The van der Waals surface area contributed by atoms with Crippen molar-refractivity contribution in [1.29, 1.82) is 0 Å². The monoisotopic (exact) mass is 277 g/mol. The van der Waals surface area contributed by atoms with Gasteiger partial charge >= 0.3 is 0 Å². The minimum Gasteiger partial charge on any atom is -0.348 e. The fourth-order valence-electron chi connectivity index (χ4n) is 2.14. The van der Waals surface area contributed by atoms with E-state index in [1.54, 1.807) is 11.3 Å². The van der Waals surface area contributed by atoms with Gasteiger partial charge in [-0.25, -0.2) is 0 Å². The summed E-state index contributed by atoms with van der Waals surface area (Å²) in [6.07, 6.45) is 0.390. The van der Waals surface area contributed by atoms with Crippen LogP contribution in [-0.2, 0) is 18.3 Å². The number of hydrogen-bond acceptors (Lipinski definition) is 3. The van der Waals surface area contributed by atoms with Crippen molar-refractivity contribution < 1.29 is 4.79 Å². The summed E-state index contributed by atoms with van der Waals surface area (Å²) >= 11 is 1.66. The number of rotatable bonds is 4. The van der Waals surface area contributed by atoms with Gasteiger partial charge in [0, 0.05) is 23.2 Å². The summed E-state index contributed by atoms with van der Waals surface area (Å²) in [6, 6.07) is 4.10. The number of nitrogens with zero attached hydrogens (tertiary/aromatic N) is 2. The van der Waals surface area contributed by atoms with Crippen molar-refractivity contribution in [3.63, 3.8) is 0 Å². The first kappa shape index (κ1) is 13.8. The number of carbonyl (C=O) groups is 1. The lowest BCUT2D eigenvalue weighted by molar-refractivity contribution is -0.121. The summed E-state index contributed by atoms with van der Waals surface area (Å²) in [6.45, 7) is 5.94. The maximum atomic E-state index is 12.1. The van der Waals surface area contributed by atoms with E-state index in [-0.39, 0.29) is 11.9 Å². The Morgan fingerprint density at radius 1 is 1.53 bits per heavy atom. The highest BCUT2D eigenvalue weighted by molar-refractivity contribution is 7.10. The third-order valence-electron chi connectivity index (χ3n) is 3.34. The Hall–Kier alpha value is -1.62. The van der Waals surface area contributed by atoms with Gasteiger partial charge in [-0.1, -0.05) is 6.07 Å². The van der Waals surface area contributed by atoms with Crippen molar-refractivity contribution >= 4 is 17.2 Å². The average Bonchev–Trinajstić information content (AvgIpc) is 2.94. The lowest BCUT2D eigenvalue weighted by atomic mass is 10.1. The van der Waals surface area contributed by atoms with Gasteiger partial charge < -0.3 is 5.32 Å². The van der Waals surface area contributed by atoms with Crippen molar-refractivity contribution in [3.8, 4) is 0 Å². The molecule has 5 heteroatoms. The van der Waals surface area contributed by atoms with E-state index in [0.717, 1.165) is 17.0 Å². The molecule has 4 nitrogen and oxygen atoms in total. The Labute approximate surface area is 117 Å². The van der Waals surface area contributed by atoms with Gasteiger partial charge in [-0.2, -0.15) is 5.10 Å². The second-order valence-electron chi connectivity index (χ2n) is 4.75. The molecular formula is C14H19N3OS. The molecule has 0 aliphatic rings. The lowest BCUT2D eigenvalue weighted by Gasteiger charge is -2.12. The molecule has 19 heavy (non-hydrogen) atoms. The van der Waals surface area contributed by atoms with Gasteiger partial charge in [-0.05, 0) is 32.2 Å². The van der Waals surface area contributed by atoms with Crippen LogP contribution in [0.25, 0.3) is 0 Å². The molecule has 2 aromatic rings. The van der Waals surface area contributed by atoms with Gasteiger partial charge in [0.1, 0.15) is 0 Å². The van der Waals surface area contributed by atoms with E-state index in [4.69, 9.17) is 0 Å². The van der Waals surface area contributed by atoms with Crippen LogP contribution < -0.4 is 5.32 Å². The van der Waals surface area contributed by atoms with Crippen LogP contribution in [0.15, 0.2) is 17.5 Å². The molecule has 0 saturated carbocycles. The van der Waals surface area contributed by atoms with Gasteiger partial charge in [0.15, 0.2) is 0 Å². The van der Waals surface area contributed by atoms with Crippen LogP contribution in [0.2, 0.25) is 0 Å². The zero-order chi connectivity index (χ0) is 14.0. The summed E-state index contributed by atoms with van der Waals surface area (Å²) < 4.78 is 1.82. The zero-order valence-electron chi connectivity index (χ0n) is 11.7. The van der Waals surface area contributed by atoms with Gasteiger partial charge in [-0.3, -0.25) is 9.48 Å². The number of thiophene rings is 1. The normalized spacial score (nSPS) is 12.4. The topological polar surface area (TPSA) is 46.9 Å². The molecule has 102 valence electrons. The minimum absolute atomic E-state index is 0.0418. The fraction of sp³-hybridized carbons (Fsp3) is 0.429. The molecule has 1 atom stereocenters. The van der Waals surface area contributed by atoms with Crippen molar-refractivity contribution in [2.75, 3.05) is 0 Å². The van der Waals surface area contributed by atoms with Crippen LogP contribution >= 0.6 is 11.3 Å². The number of aryl methyl sites for hydroxylation is 2. The van der Waals surface area contributed by atoms with Gasteiger partial charge in [0.2, 0.25) is 5.91 Å². The molecule has 1 amide bonds. The van der Waals surface area contributed by atoms with Crippen molar-refractivity contribution in [2.24, 2.45) is 7.05 Å². The summed E-state index contributed by atoms with van der Waals surface area (Å²) in [5.41, 5.74) is 3.01. The van der Waals surface area contributed by atoms with Crippen LogP contribution in [0.4, 0.5) is 0 Å². The number of aromatic nitrogens is 2. The molecule has 0 saturated heterocycles. The van der Waals surface area contributed by atoms with Crippen LogP contribution in [0.1, 0.15) is 34.8 Å². The van der Waals surface area contributed by atoms with Crippen molar-refractivity contribution in [3.05, 3.63) is 39.3 Å². The number of carbonyl (C=O) groups excluding carboxylic acids is 1. The maximum absolute atomic E-state index is 12.1. The summed E-state index contributed by atoms with van der Waals surface area (Å²) in [5.74, 6) is 0.0418. The Morgan fingerprint density at radius 3 is 2.79 bits per heavy atom. The molecule has 2 heterocycles. The van der Waals surface area contributed by atoms with E-state index in [9.17, 15) is 4.79 Å². The van der Waals surface area contributed by atoms with E-state index in [2.05, 4.69) is 10.4 Å². The largest absolute Gasteiger partial charge is 0.348 e.